The van der Waals surface area contributed by atoms with E-state index in [0.717, 1.165) is 32.6 Å². The lowest BCUT2D eigenvalue weighted by molar-refractivity contribution is -0.132. The van der Waals surface area contributed by atoms with Gasteiger partial charge in [-0.05, 0) is 36.3 Å². The minimum Gasteiger partial charge on any atom is -0.340 e. The fourth-order valence-corrected chi connectivity index (χ4v) is 3.32. The van der Waals surface area contributed by atoms with E-state index in [1.807, 2.05) is 4.90 Å². The maximum absolute atomic E-state index is 12.4. The van der Waals surface area contributed by atoms with Gasteiger partial charge in [-0.2, -0.15) is 0 Å². The molecule has 110 valence electrons. The van der Waals surface area contributed by atoms with E-state index in [9.17, 15) is 4.79 Å². The number of piperazine rings is 1. The number of carbonyl (C=O) groups is 1. The van der Waals surface area contributed by atoms with E-state index in [2.05, 4.69) is 29.6 Å². The topological polar surface area (TPSA) is 32.3 Å². The molecule has 1 amide bonds. The molecule has 3 nitrogen and oxygen atoms in total. The Hall–Kier alpha value is -1.06. The SMILES string of the molecule is Cl.O=C(CC1CCCc2ccccc21)N1CCNCC1. The second kappa shape index (κ2) is 7.09. The summed E-state index contributed by atoms with van der Waals surface area (Å²) in [5.41, 5.74) is 2.86. The Bertz CT molecular complexity index is 458. The molecule has 4 heteroatoms. The number of amides is 1. The molecular formula is C16H23ClN2O. The molecule has 1 N–H and O–H groups in total. The molecule has 1 saturated heterocycles. The second-order valence-electron chi connectivity index (χ2n) is 5.62. The Morgan fingerprint density at radius 1 is 1.25 bits per heavy atom. The van der Waals surface area contributed by atoms with Crippen LogP contribution in [0.5, 0.6) is 0 Å². The highest BCUT2D eigenvalue weighted by atomic mass is 35.5. The summed E-state index contributed by atoms with van der Waals surface area (Å²) in [5, 5.41) is 3.29. The first kappa shape index (κ1) is 15.3. The molecule has 1 aliphatic carbocycles. The van der Waals surface area contributed by atoms with Crippen molar-refractivity contribution in [3.05, 3.63) is 35.4 Å². The van der Waals surface area contributed by atoms with Crippen molar-refractivity contribution in [1.29, 1.82) is 0 Å². The van der Waals surface area contributed by atoms with Gasteiger partial charge in [0.2, 0.25) is 5.91 Å². The maximum atomic E-state index is 12.4. The van der Waals surface area contributed by atoms with Gasteiger partial charge in [-0.25, -0.2) is 0 Å². The van der Waals surface area contributed by atoms with Crippen LogP contribution in [0.3, 0.4) is 0 Å². The maximum Gasteiger partial charge on any atom is 0.223 e. The monoisotopic (exact) mass is 294 g/mol. The van der Waals surface area contributed by atoms with Gasteiger partial charge in [0.1, 0.15) is 0 Å². The molecule has 1 aromatic carbocycles. The lowest BCUT2D eigenvalue weighted by Crippen LogP contribution is -2.46. The van der Waals surface area contributed by atoms with Crippen LogP contribution < -0.4 is 5.32 Å². The number of rotatable bonds is 2. The van der Waals surface area contributed by atoms with Crippen molar-refractivity contribution in [1.82, 2.24) is 10.2 Å². The summed E-state index contributed by atoms with van der Waals surface area (Å²) in [6.07, 6.45) is 4.25. The standard InChI is InChI=1S/C16H22N2O.ClH/c19-16(18-10-8-17-9-11-18)12-14-6-3-5-13-4-1-2-7-15(13)14;/h1-2,4,7,14,17H,3,5-6,8-12H2;1H. The van der Waals surface area contributed by atoms with Gasteiger partial charge in [0, 0.05) is 32.6 Å². The largest absolute Gasteiger partial charge is 0.340 e. The summed E-state index contributed by atoms with van der Waals surface area (Å²) in [4.78, 5) is 14.4. The number of fused-ring (bicyclic) bond motifs is 1. The molecular weight excluding hydrogens is 272 g/mol. The van der Waals surface area contributed by atoms with Gasteiger partial charge in [-0.3, -0.25) is 4.79 Å². The predicted octanol–water partition coefficient (Wildman–Crippen LogP) is 2.35. The van der Waals surface area contributed by atoms with Crippen LogP contribution in [0, 0.1) is 0 Å². The van der Waals surface area contributed by atoms with Gasteiger partial charge >= 0.3 is 0 Å². The molecule has 0 spiro atoms. The zero-order valence-corrected chi connectivity index (χ0v) is 12.6. The molecule has 1 fully saturated rings. The first-order valence-electron chi connectivity index (χ1n) is 7.41. The van der Waals surface area contributed by atoms with Crippen LogP contribution in [0.2, 0.25) is 0 Å². The van der Waals surface area contributed by atoms with Crippen LogP contribution in [0.15, 0.2) is 24.3 Å². The Kier molecular flexibility index (Phi) is 5.44. The number of hydrogen-bond acceptors (Lipinski definition) is 2. The molecule has 20 heavy (non-hydrogen) atoms. The zero-order valence-electron chi connectivity index (χ0n) is 11.8. The highest BCUT2D eigenvalue weighted by Crippen LogP contribution is 2.34. The lowest BCUT2D eigenvalue weighted by Gasteiger charge is -2.31. The highest BCUT2D eigenvalue weighted by molar-refractivity contribution is 5.85. The van der Waals surface area contributed by atoms with Crippen molar-refractivity contribution >= 4 is 18.3 Å². The van der Waals surface area contributed by atoms with E-state index >= 15 is 0 Å². The quantitative estimate of drug-likeness (QED) is 0.908. The zero-order chi connectivity index (χ0) is 13.1. The summed E-state index contributed by atoms with van der Waals surface area (Å²) in [7, 11) is 0. The molecule has 1 aliphatic heterocycles. The summed E-state index contributed by atoms with van der Waals surface area (Å²) < 4.78 is 0. The third-order valence-electron chi connectivity index (χ3n) is 4.38. The number of nitrogens with zero attached hydrogens (tertiary/aromatic N) is 1. The third kappa shape index (κ3) is 3.33. The first-order chi connectivity index (χ1) is 9.34. The van der Waals surface area contributed by atoms with Gasteiger partial charge in [0.15, 0.2) is 0 Å². The van der Waals surface area contributed by atoms with E-state index in [-0.39, 0.29) is 12.4 Å². The summed E-state index contributed by atoms with van der Waals surface area (Å²) >= 11 is 0. The molecule has 0 radical (unpaired) electrons. The van der Waals surface area contributed by atoms with Crippen LogP contribution in [-0.2, 0) is 11.2 Å². The van der Waals surface area contributed by atoms with Crippen molar-refractivity contribution < 1.29 is 4.79 Å². The number of hydrogen-bond donors (Lipinski definition) is 1. The van der Waals surface area contributed by atoms with Crippen molar-refractivity contribution in [3.63, 3.8) is 0 Å². The highest BCUT2D eigenvalue weighted by Gasteiger charge is 2.25. The summed E-state index contributed by atoms with van der Waals surface area (Å²) in [5.74, 6) is 0.774. The average molecular weight is 295 g/mol. The van der Waals surface area contributed by atoms with Crippen molar-refractivity contribution in [2.24, 2.45) is 0 Å². The van der Waals surface area contributed by atoms with Crippen LogP contribution in [0.1, 0.15) is 36.3 Å². The van der Waals surface area contributed by atoms with Gasteiger partial charge in [-0.15, -0.1) is 12.4 Å². The van der Waals surface area contributed by atoms with Crippen LogP contribution in [-0.4, -0.2) is 37.0 Å². The van der Waals surface area contributed by atoms with E-state index in [1.54, 1.807) is 0 Å². The van der Waals surface area contributed by atoms with E-state index in [4.69, 9.17) is 0 Å². The van der Waals surface area contributed by atoms with Gasteiger partial charge in [-0.1, -0.05) is 24.3 Å². The fraction of sp³-hybridized carbons (Fsp3) is 0.562. The number of nitrogens with one attached hydrogen (secondary N) is 1. The van der Waals surface area contributed by atoms with E-state index in [0.29, 0.717) is 18.2 Å². The Balaban J connectivity index is 0.00000147. The minimum absolute atomic E-state index is 0. The Labute approximate surface area is 127 Å². The molecule has 1 aromatic rings. The normalized spacial score (nSPS) is 21.8. The average Bonchev–Trinajstić information content (AvgIpc) is 2.48. The minimum atomic E-state index is 0. The van der Waals surface area contributed by atoms with Crippen molar-refractivity contribution in [2.75, 3.05) is 26.2 Å². The van der Waals surface area contributed by atoms with Crippen LogP contribution in [0.25, 0.3) is 0 Å². The Morgan fingerprint density at radius 2 is 2.00 bits per heavy atom. The smallest absolute Gasteiger partial charge is 0.223 e. The number of aryl methyl sites for hydroxylation is 1. The first-order valence-corrected chi connectivity index (χ1v) is 7.41. The molecule has 3 rings (SSSR count). The molecule has 0 saturated carbocycles. The predicted molar refractivity (Wildman–Crippen MR) is 83.4 cm³/mol. The fourth-order valence-electron chi connectivity index (χ4n) is 3.32. The molecule has 1 unspecified atom stereocenters. The number of halogens is 1. The van der Waals surface area contributed by atoms with Crippen molar-refractivity contribution in [2.45, 2.75) is 31.6 Å². The molecule has 0 bridgehead atoms. The third-order valence-corrected chi connectivity index (χ3v) is 4.38. The van der Waals surface area contributed by atoms with Crippen LogP contribution in [0.4, 0.5) is 0 Å². The Morgan fingerprint density at radius 3 is 2.80 bits per heavy atom. The van der Waals surface area contributed by atoms with Gasteiger partial charge < -0.3 is 10.2 Å². The molecule has 1 atom stereocenters. The van der Waals surface area contributed by atoms with Gasteiger partial charge in [0.25, 0.3) is 0 Å². The van der Waals surface area contributed by atoms with Crippen LogP contribution >= 0.6 is 12.4 Å². The number of benzene rings is 1. The molecule has 1 heterocycles. The lowest BCUT2D eigenvalue weighted by atomic mass is 9.81. The molecule has 0 aromatic heterocycles. The van der Waals surface area contributed by atoms with E-state index < -0.39 is 0 Å². The van der Waals surface area contributed by atoms with E-state index in [1.165, 1.54) is 24.0 Å². The number of carbonyl (C=O) groups excluding carboxylic acids is 1. The summed E-state index contributed by atoms with van der Waals surface area (Å²) in [6.45, 7) is 3.61. The van der Waals surface area contributed by atoms with Crippen molar-refractivity contribution in [3.8, 4) is 0 Å². The second-order valence-corrected chi connectivity index (χ2v) is 5.62. The van der Waals surface area contributed by atoms with Gasteiger partial charge in [0.05, 0.1) is 0 Å². The molecule has 2 aliphatic rings. The summed E-state index contributed by atoms with van der Waals surface area (Å²) in [6, 6.07) is 8.65.